The number of aromatic nitrogens is 4. The summed E-state index contributed by atoms with van der Waals surface area (Å²) in [6.45, 7) is 0.474. The first-order chi connectivity index (χ1) is 12.5. The third kappa shape index (κ3) is 4.71. The molecule has 1 aromatic carbocycles. The minimum absolute atomic E-state index is 0.0565. The second kappa shape index (κ2) is 8.16. The van der Waals surface area contributed by atoms with E-state index in [-0.39, 0.29) is 17.7 Å². The van der Waals surface area contributed by atoms with Gasteiger partial charge in [0.1, 0.15) is 11.5 Å². The molecule has 0 saturated carbocycles. The zero-order valence-corrected chi connectivity index (χ0v) is 15.4. The van der Waals surface area contributed by atoms with Gasteiger partial charge >= 0.3 is 0 Å². The lowest BCUT2D eigenvalue weighted by Gasteiger charge is -2.09. The minimum Gasteiger partial charge on any atom is -0.361 e. The Morgan fingerprint density at radius 2 is 1.96 bits per heavy atom. The van der Waals surface area contributed by atoms with E-state index in [4.69, 9.17) is 23.2 Å². The Morgan fingerprint density at radius 3 is 2.65 bits per heavy atom. The van der Waals surface area contributed by atoms with Crippen LogP contribution in [0.25, 0.3) is 11.5 Å². The molecular formula is C17H16Cl2N6O. The van der Waals surface area contributed by atoms with Crippen molar-refractivity contribution >= 4 is 34.9 Å². The molecule has 0 atom stereocenters. The highest BCUT2D eigenvalue weighted by atomic mass is 35.5. The van der Waals surface area contributed by atoms with Gasteiger partial charge in [-0.2, -0.15) is 0 Å². The molecule has 2 heterocycles. The van der Waals surface area contributed by atoms with Crippen LogP contribution in [0.15, 0.2) is 42.7 Å². The van der Waals surface area contributed by atoms with Crippen LogP contribution < -0.4 is 10.6 Å². The monoisotopic (exact) mass is 390 g/mol. The number of carbonyl (C=O) groups excluding carboxylic acids is 1. The fourth-order valence-corrected chi connectivity index (χ4v) is 2.58. The Balaban J connectivity index is 1.59. The summed E-state index contributed by atoms with van der Waals surface area (Å²) in [4.78, 5) is 24.5. The maximum absolute atomic E-state index is 12.0. The van der Waals surface area contributed by atoms with Crippen molar-refractivity contribution in [1.82, 2.24) is 24.8 Å². The largest absolute Gasteiger partial charge is 0.361 e. The molecule has 2 N–H and O–H groups in total. The lowest BCUT2D eigenvalue weighted by atomic mass is 10.2. The Kier molecular flexibility index (Phi) is 5.70. The molecule has 0 spiro atoms. The quantitative estimate of drug-likeness (QED) is 0.632. The Morgan fingerprint density at radius 1 is 1.19 bits per heavy atom. The first-order valence-electron chi connectivity index (χ1n) is 7.78. The lowest BCUT2D eigenvalue weighted by molar-refractivity contribution is -0.119. The first-order valence-corrected chi connectivity index (χ1v) is 8.54. The highest BCUT2D eigenvalue weighted by molar-refractivity contribution is 6.30. The molecule has 3 aromatic rings. The standard InChI is InChI=1S/C17H16Cl2N6O/c1-25-7-6-20-16(25)13-8-14(24-17(19)23-13)21-10-15(26)22-9-11-2-4-12(18)5-3-11/h2-8H,9-10H2,1H3,(H,22,26)(H,21,23,24). The fraction of sp³-hybridized carbons (Fsp3) is 0.176. The van der Waals surface area contributed by atoms with Gasteiger partial charge in [-0.15, -0.1) is 0 Å². The number of rotatable bonds is 6. The Labute approximate surface area is 160 Å². The smallest absolute Gasteiger partial charge is 0.239 e. The third-order valence-electron chi connectivity index (χ3n) is 3.58. The summed E-state index contributed by atoms with van der Waals surface area (Å²) < 4.78 is 1.82. The molecule has 1 amide bonds. The topological polar surface area (TPSA) is 84.7 Å². The van der Waals surface area contributed by atoms with Crippen LogP contribution in [0, 0.1) is 0 Å². The van der Waals surface area contributed by atoms with Crippen molar-refractivity contribution in [1.29, 1.82) is 0 Å². The average Bonchev–Trinajstić information content (AvgIpc) is 3.05. The van der Waals surface area contributed by atoms with Gasteiger partial charge in [0.15, 0.2) is 5.82 Å². The van der Waals surface area contributed by atoms with E-state index < -0.39 is 0 Å². The van der Waals surface area contributed by atoms with Crippen LogP contribution in [0.2, 0.25) is 10.3 Å². The van der Waals surface area contributed by atoms with Crippen LogP contribution in [-0.4, -0.2) is 32.0 Å². The van der Waals surface area contributed by atoms with Crippen molar-refractivity contribution in [3.63, 3.8) is 0 Å². The molecule has 2 aromatic heterocycles. The molecule has 0 aliphatic carbocycles. The number of halogens is 2. The molecule has 0 bridgehead atoms. The highest BCUT2D eigenvalue weighted by Crippen LogP contribution is 2.19. The van der Waals surface area contributed by atoms with Gasteiger partial charge in [-0.1, -0.05) is 23.7 Å². The van der Waals surface area contributed by atoms with Gasteiger partial charge in [0.25, 0.3) is 0 Å². The van der Waals surface area contributed by atoms with Crippen LogP contribution in [0.4, 0.5) is 5.82 Å². The SMILES string of the molecule is Cn1ccnc1-c1cc(NCC(=O)NCc2ccc(Cl)cc2)nc(Cl)n1. The molecule has 0 radical (unpaired) electrons. The van der Waals surface area contributed by atoms with Gasteiger partial charge in [-0.25, -0.2) is 15.0 Å². The van der Waals surface area contributed by atoms with E-state index in [1.165, 1.54) is 0 Å². The van der Waals surface area contributed by atoms with Gasteiger partial charge in [-0.05, 0) is 29.3 Å². The van der Waals surface area contributed by atoms with Crippen molar-refractivity contribution in [2.24, 2.45) is 7.05 Å². The molecular weight excluding hydrogens is 375 g/mol. The average molecular weight is 391 g/mol. The van der Waals surface area contributed by atoms with Crippen molar-refractivity contribution in [3.8, 4) is 11.5 Å². The third-order valence-corrected chi connectivity index (χ3v) is 4.00. The van der Waals surface area contributed by atoms with Crippen LogP contribution >= 0.6 is 23.2 Å². The van der Waals surface area contributed by atoms with Crippen LogP contribution in [0.5, 0.6) is 0 Å². The zero-order chi connectivity index (χ0) is 18.5. The van der Waals surface area contributed by atoms with Crippen LogP contribution in [0.3, 0.4) is 0 Å². The molecule has 0 unspecified atom stereocenters. The van der Waals surface area contributed by atoms with E-state index in [2.05, 4.69) is 25.6 Å². The van der Waals surface area contributed by atoms with Gasteiger partial charge in [0, 0.05) is 37.1 Å². The van der Waals surface area contributed by atoms with Gasteiger partial charge in [0.2, 0.25) is 11.2 Å². The molecule has 9 heteroatoms. The Bertz CT molecular complexity index is 910. The molecule has 26 heavy (non-hydrogen) atoms. The van der Waals surface area contributed by atoms with E-state index in [9.17, 15) is 4.79 Å². The van der Waals surface area contributed by atoms with Gasteiger partial charge < -0.3 is 15.2 Å². The maximum atomic E-state index is 12.0. The van der Waals surface area contributed by atoms with E-state index >= 15 is 0 Å². The second-order valence-corrected chi connectivity index (χ2v) is 6.30. The summed E-state index contributed by atoms with van der Waals surface area (Å²) in [7, 11) is 1.86. The number of hydrogen-bond acceptors (Lipinski definition) is 5. The number of benzene rings is 1. The zero-order valence-electron chi connectivity index (χ0n) is 13.9. The number of nitrogens with one attached hydrogen (secondary N) is 2. The number of aryl methyl sites for hydroxylation is 1. The van der Waals surface area contributed by atoms with Crippen molar-refractivity contribution < 1.29 is 4.79 Å². The number of hydrogen-bond donors (Lipinski definition) is 2. The van der Waals surface area contributed by atoms with Crippen LogP contribution in [-0.2, 0) is 18.4 Å². The number of amides is 1. The molecule has 3 rings (SSSR count). The number of imidazole rings is 1. The molecule has 0 saturated heterocycles. The first kappa shape index (κ1) is 18.2. The molecule has 0 aliphatic rings. The van der Waals surface area contributed by atoms with Gasteiger partial charge in [0.05, 0.1) is 6.54 Å². The second-order valence-electron chi connectivity index (χ2n) is 5.53. The summed E-state index contributed by atoms with van der Waals surface area (Å²) in [5.41, 5.74) is 1.53. The Hall–Kier alpha value is -2.64. The van der Waals surface area contributed by atoms with E-state index in [1.54, 1.807) is 24.4 Å². The van der Waals surface area contributed by atoms with Crippen molar-refractivity contribution in [2.45, 2.75) is 6.54 Å². The number of carbonyl (C=O) groups is 1. The summed E-state index contributed by atoms with van der Waals surface area (Å²) in [5, 5.41) is 6.50. The summed E-state index contributed by atoms with van der Waals surface area (Å²) in [5.74, 6) is 0.933. The van der Waals surface area contributed by atoms with E-state index in [0.29, 0.717) is 28.9 Å². The fourth-order valence-electron chi connectivity index (χ4n) is 2.27. The molecule has 0 aliphatic heterocycles. The normalized spacial score (nSPS) is 10.6. The number of nitrogens with zero attached hydrogens (tertiary/aromatic N) is 4. The van der Waals surface area contributed by atoms with Gasteiger partial charge in [-0.3, -0.25) is 4.79 Å². The molecule has 7 nitrogen and oxygen atoms in total. The summed E-state index contributed by atoms with van der Waals surface area (Å²) in [6.07, 6.45) is 3.48. The summed E-state index contributed by atoms with van der Waals surface area (Å²) >= 11 is 11.8. The van der Waals surface area contributed by atoms with Crippen molar-refractivity contribution in [2.75, 3.05) is 11.9 Å². The highest BCUT2D eigenvalue weighted by Gasteiger charge is 2.10. The predicted octanol–water partition coefficient (Wildman–Crippen LogP) is 2.91. The van der Waals surface area contributed by atoms with Crippen LogP contribution in [0.1, 0.15) is 5.56 Å². The molecule has 0 fully saturated rings. The maximum Gasteiger partial charge on any atom is 0.239 e. The van der Waals surface area contributed by atoms with E-state index in [1.807, 2.05) is 29.9 Å². The number of anilines is 1. The predicted molar refractivity (Wildman–Crippen MR) is 101 cm³/mol. The lowest BCUT2D eigenvalue weighted by Crippen LogP contribution is -2.29. The van der Waals surface area contributed by atoms with Crippen molar-refractivity contribution in [3.05, 3.63) is 58.6 Å². The summed E-state index contributed by atoms with van der Waals surface area (Å²) in [6, 6.07) is 8.98. The minimum atomic E-state index is -0.173. The molecule has 134 valence electrons. The van der Waals surface area contributed by atoms with E-state index in [0.717, 1.165) is 5.56 Å².